The number of amides is 1. The Kier molecular flexibility index (Phi) is 6.58. The van der Waals surface area contributed by atoms with Crippen LogP contribution in [0.2, 0.25) is 5.15 Å². The summed E-state index contributed by atoms with van der Waals surface area (Å²) in [4.78, 5) is 21.4. The van der Waals surface area contributed by atoms with E-state index in [1.807, 2.05) is 37.3 Å². The van der Waals surface area contributed by atoms with Gasteiger partial charge in [0.1, 0.15) is 15.9 Å². The molecule has 162 valence electrons. The van der Waals surface area contributed by atoms with Crippen molar-refractivity contribution >= 4 is 39.7 Å². The summed E-state index contributed by atoms with van der Waals surface area (Å²) in [7, 11) is 1.54. The Morgan fingerprint density at radius 3 is 2.69 bits per heavy atom. The summed E-state index contributed by atoms with van der Waals surface area (Å²) >= 11 is 7.39. The van der Waals surface area contributed by atoms with Gasteiger partial charge in [0.25, 0.3) is 5.91 Å². The Balaban J connectivity index is 1.55. The first-order chi connectivity index (χ1) is 15.5. The van der Waals surface area contributed by atoms with Gasteiger partial charge in [-0.1, -0.05) is 41.1 Å². The lowest BCUT2D eigenvalue weighted by molar-refractivity contribution is 0.102. The summed E-state index contributed by atoms with van der Waals surface area (Å²) in [5.41, 5.74) is 3.36. The van der Waals surface area contributed by atoms with Crippen LogP contribution in [0, 0.1) is 6.92 Å². The summed E-state index contributed by atoms with van der Waals surface area (Å²) in [5, 5.41) is 15.7. The number of anilines is 2. The molecule has 0 unspecified atom stereocenters. The standard InChI is InChI=1S/C22H19ClN6O2S/c1-13-8-15(16-9-19(23)26-11-18(16)31-2)17(10-24-13)21(30)27-22-29-28-20(32-22)12-25-14-6-4-3-5-7-14/h3-11,25H,12H2,1-2H3,(H,27,29,30). The van der Waals surface area contributed by atoms with Crippen molar-refractivity contribution in [3.05, 3.63) is 76.3 Å². The van der Waals surface area contributed by atoms with E-state index in [0.717, 1.165) is 16.4 Å². The van der Waals surface area contributed by atoms with E-state index in [9.17, 15) is 4.79 Å². The van der Waals surface area contributed by atoms with Gasteiger partial charge in [0.05, 0.1) is 25.4 Å². The van der Waals surface area contributed by atoms with Crippen LogP contribution in [0.3, 0.4) is 0 Å². The van der Waals surface area contributed by atoms with Crippen molar-refractivity contribution < 1.29 is 9.53 Å². The topological polar surface area (TPSA) is 102 Å². The first-order valence-electron chi connectivity index (χ1n) is 9.62. The highest BCUT2D eigenvalue weighted by atomic mass is 35.5. The number of benzene rings is 1. The lowest BCUT2D eigenvalue weighted by Crippen LogP contribution is -2.14. The molecule has 0 saturated carbocycles. The fourth-order valence-corrected chi connectivity index (χ4v) is 3.86. The van der Waals surface area contributed by atoms with Crippen LogP contribution in [0.4, 0.5) is 10.8 Å². The molecule has 0 aliphatic heterocycles. The second-order valence-electron chi connectivity index (χ2n) is 6.75. The lowest BCUT2D eigenvalue weighted by Gasteiger charge is -2.13. The molecule has 0 aliphatic rings. The van der Waals surface area contributed by atoms with Crippen molar-refractivity contribution in [2.75, 3.05) is 17.7 Å². The average molecular weight is 467 g/mol. The van der Waals surface area contributed by atoms with Crippen molar-refractivity contribution in [3.63, 3.8) is 0 Å². The Bertz CT molecular complexity index is 1250. The van der Waals surface area contributed by atoms with Gasteiger partial charge in [-0.3, -0.25) is 15.1 Å². The lowest BCUT2D eigenvalue weighted by atomic mass is 10.0. The number of aromatic nitrogens is 4. The fraction of sp³-hybridized carbons (Fsp3) is 0.136. The maximum Gasteiger partial charge on any atom is 0.259 e. The minimum absolute atomic E-state index is 0.293. The third-order valence-electron chi connectivity index (χ3n) is 4.53. The summed E-state index contributed by atoms with van der Waals surface area (Å²) in [6.07, 6.45) is 3.04. The summed E-state index contributed by atoms with van der Waals surface area (Å²) in [6, 6.07) is 13.2. The van der Waals surface area contributed by atoms with Crippen LogP contribution in [-0.2, 0) is 6.54 Å². The van der Waals surface area contributed by atoms with E-state index in [0.29, 0.717) is 39.3 Å². The van der Waals surface area contributed by atoms with Crippen LogP contribution in [0.1, 0.15) is 21.1 Å². The largest absolute Gasteiger partial charge is 0.494 e. The van der Waals surface area contributed by atoms with Crippen LogP contribution >= 0.6 is 22.9 Å². The maximum absolute atomic E-state index is 13.1. The number of rotatable bonds is 7. The molecule has 0 radical (unpaired) electrons. The van der Waals surface area contributed by atoms with Crippen LogP contribution < -0.4 is 15.4 Å². The number of methoxy groups -OCH3 is 1. The monoisotopic (exact) mass is 466 g/mol. The number of hydrogen-bond acceptors (Lipinski definition) is 8. The molecule has 4 aromatic rings. The number of hydrogen-bond donors (Lipinski definition) is 2. The zero-order valence-electron chi connectivity index (χ0n) is 17.3. The highest BCUT2D eigenvalue weighted by Crippen LogP contribution is 2.34. The van der Waals surface area contributed by atoms with Crippen LogP contribution in [0.15, 0.2) is 54.9 Å². The first-order valence-corrected chi connectivity index (χ1v) is 10.8. The Morgan fingerprint density at radius 1 is 1.09 bits per heavy atom. The van der Waals surface area contributed by atoms with E-state index < -0.39 is 0 Å². The third kappa shape index (κ3) is 5.01. The number of para-hydroxylation sites is 1. The number of ether oxygens (including phenoxy) is 1. The number of carbonyl (C=O) groups is 1. The normalized spacial score (nSPS) is 10.6. The van der Waals surface area contributed by atoms with Gasteiger partial charge in [0.15, 0.2) is 0 Å². The van der Waals surface area contributed by atoms with E-state index in [-0.39, 0.29) is 5.91 Å². The van der Waals surface area contributed by atoms with Crippen molar-refractivity contribution in [1.82, 2.24) is 20.2 Å². The molecule has 0 bridgehead atoms. The Hall–Kier alpha value is -3.56. The zero-order valence-corrected chi connectivity index (χ0v) is 18.9. The van der Waals surface area contributed by atoms with Crippen LogP contribution in [0.5, 0.6) is 5.75 Å². The molecule has 0 saturated heterocycles. The minimum atomic E-state index is -0.360. The number of halogens is 1. The van der Waals surface area contributed by atoms with Crippen molar-refractivity contribution in [1.29, 1.82) is 0 Å². The number of nitrogens with one attached hydrogen (secondary N) is 2. The molecular weight excluding hydrogens is 448 g/mol. The Labute approximate surface area is 193 Å². The van der Waals surface area contributed by atoms with Gasteiger partial charge in [-0.2, -0.15) is 0 Å². The van der Waals surface area contributed by atoms with Crippen molar-refractivity contribution in [3.8, 4) is 16.9 Å². The van der Waals surface area contributed by atoms with Gasteiger partial charge in [-0.05, 0) is 31.2 Å². The highest BCUT2D eigenvalue weighted by molar-refractivity contribution is 7.15. The third-order valence-corrected chi connectivity index (χ3v) is 5.58. The van der Waals surface area contributed by atoms with E-state index in [1.54, 1.807) is 12.1 Å². The molecule has 3 aromatic heterocycles. The van der Waals surface area contributed by atoms with Gasteiger partial charge in [0.2, 0.25) is 5.13 Å². The second kappa shape index (κ2) is 9.71. The summed E-state index contributed by atoms with van der Waals surface area (Å²) < 4.78 is 5.41. The highest BCUT2D eigenvalue weighted by Gasteiger charge is 2.19. The number of nitrogens with zero attached hydrogens (tertiary/aromatic N) is 4. The first kappa shape index (κ1) is 21.7. The molecule has 32 heavy (non-hydrogen) atoms. The molecule has 4 rings (SSSR count). The summed E-state index contributed by atoms with van der Waals surface area (Å²) in [5.74, 6) is 0.139. The molecule has 0 spiro atoms. The maximum atomic E-state index is 13.1. The van der Waals surface area contributed by atoms with Gasteiger partial charge in [-0.15, -0.1) is 10.2 Å². The number of aryl methyl sites for hydroxylation is 1. The molecule has 0 atom stereocenters. The van der Waals surface area contributed by atoms with Crippen LogP contribution in [-0.4, -0.2) is 33.2 Å². The van der Waals surface area contributed by atoms with Crippen LogP contribution in [0.25, 0.3) is 11.1 Å². The predicted molar refractivity (Wildman–Crippen MR) is 125 cm³/mol. The van der Waals surface area contributed by atoms with Gasteiger partial charge in [0, 0.05) is 28.7 Å². The predicted octanol–water partition coefficient (Wildman–Crippen LogP) is 4.83. The van der Waals surface area contributed by atoms with Gasteiger partial charge >= 0.3 is 0 Å². The number of pyridine rings is 2. The van der Waals surface area contributed by atoms with Crippen molar-refractivity contribution in [2.45, 2.75) is 13.5 Å². The fourth-order valence-electron chi connectivity index (χ4n) is 3.03. The molecule has 3 heterocycles. The molecule has 8 nitrogen and oxygen atoms in total. The molecule has 1 amide bonds. The SMILES string of the molecule is COc1cnc(Cl)cc1-c1cc(C)ncc1C(=O)Nc1nnc(CNc2ccccc2)s1. The molecule has 2 N–H and O–H groups in total. The smallest absolute Gasteiger partial charge is 0.259 e. The van der Waals surface area contributed by atoms with Gasteiger partial charge < -0.3 is 10.1 Å². The molecular formula is C22H19ClN6O2S. The Morgan fingerprint density at radius 2 is 1.91 bits per heavy atom. The second-order valence-corrected chi connectivity index (χ2v) is 8.20. The quantitative estimate of drug-likeness (QED) is 0.376. The van der Waals surface area contributed by atoms with Gasteiger partial charge in [-0.25, -0.2) is 4.98 Å². The van der Waals surface area contributed by atoms with E-state index in [4.69, 9.17) is 16.3 Å². The molecule has 0 aliphatic carbocycles. The molecule has 0 fully saturated rings. The van der Waals surface area contributed by atoms with Crippen molar-refractivity contribution in [2.24, 2.45) is 0 Å². The van der Waals surface area contributed by atoms with E-state index in [1.165, 1.54) is 30.8 Å². The molecule has 10 heteroatoms. The average Bonchev–Trinajstić information content (AvgIpc) is 3.25. The molecule has 1 aromatic carbocycles. The number of carbonyl (C=O) groups excluding carboxylic acids is 1. The minimum Gasteiger partial charge on any atom is -0.494 e. The zero-order chi connectivity index (χ0) is 22.5. The summed E-state index contributed by atoms with van der Waals surface area (Å²) in [6.45, 7) is 2.35. The van der Waals surface area contributed by atoms with E-state index in [2.05, 4.69) is 30.8 Å². The van der Waals surface area contributed by atoms with E-state index >= 15 is 0 Å².